The first-order chi connectivity index (χ1) is 13.2. The molecule has 2 saturated heterocycles. The van der Waals surface area contributed by atoms with Gasteiger partial charge in [0.1, 0.15) is 17.2 Å². The third kappa shape index (κ3) is 4.80. The second kappa shape index (κ2) is 8.05. The largest absolute Gasteiger partial charge is 0.484 e. The van der Waals surface area contributed by atoms with Crippen molar-refractivity contribution in [1.29, 1.82) is 0 Å². The van der Waals surface area contributed by atoms with Crippen LogP contribution in [-0.2, 0) is 14.3 Å². The first kappa shape index (κ1) is 20.5. The number of likely N-dealkylation sites (tertiary alicyclic amines) is 1. The number of carbonyl (C=O) groups excluding carboxylic acids is 2. The summed E-state index contributed by atoms with van der Waals surface area (Å²) in [6.07, 6.45) is 1.73. The van der Waals surface area contributed by atoms with E-state index in [0.29, 0.717) is 38.1 Å². The van der Waals surface area contributed by atoms with Crippen LogP contribution >= 0.6 is 0 Å². The van der Waals surface area contributed by atoms with E-state index in [2.05, 4.69) is 5.32 Å². The molecule has 0 bridgehead atoms. The van der Waals surface area contributed by atoms with Crippen molar-refractivity contribution in [3.05, 3.63) is 30.1 Å². The van der Waals surface area contributed by atoms with Gasteiger partial charge in [-0.25, -0.2) is 4.39 Å². The summed E-state index contributed by atoms with van der Waals surface area (Å²) in [4.78, 5) is 25.6. The van der Waals surface area contributed by atoms with Crippen LogP contribution in [0, 0.1) is 5.82 Å². The van der Waals surface area contributed by atoms with Crippen molar-refractivity contribution >= 4 is 11.8 Å². The SMILES string of the molecule is CC(=O)N[C@H]1CC2(CCN(C(=O)COc3cccc(F)c3)CC2)OC[C@]1(C)O. The van der Waals surface area contributed by atoms with E-state index in [1.54, 1.807) is 17.9 Å². The molecular weight excluding hydrogens is 367 g/mol. The number of hydrogen-bond donors (Lipinski definition) is 2. The number of aliphatic hydroxyl groups is 1. The summed E-state index contributed by atoms with van der Waals surface area (Å²) in [7, 11) is 0. The van der Waals surface area contributed by atoms with Gasteiger partial charge in [-0.2, -0.15) is 0 Å². The number of benzene rings is 1. The van der Waals surface area contributed by atoms with Crippen LogP contribution in [0.15, 0.2) is 24.3 Å². The summed E-state index contributed by atoms with van der Waals surface area (Å²) in [5, 5.41) is 13.3. The van der Waals surface area contributed by atoms with Crippen LogP contribution in [0.25, 0.3) is 0 Å². The van der Waals surface area contributed by atoms with E-state index in [9.17, 15) is 19.1 Å². The van der Waals surface area contributed by atoms with Gasteiger partial charge in [0.2, 0.25) is 5.91 Å². The molecule has 1 spiro atoms. The van der Waals surface area contributed by atoms with Gasteiger partial charge in [-0.3, -0.25) is 9.59 Å². The minimum atomic E-state index is -1.12. The first-order valence-electron chi connectivity index (χ1n) is 9.49. The molecule has 3 rings (SSSR count). The van der Waals surface area contributed by atoms with Gasteiger partial charge in [-0.15, -0.1) is 0 Å². The smallest absolute Gasteiger partial charge is 0.260 e. The van der Waals surface area contributed by atoms with E-state index in [1.165, 1.54) is 25.1 Å². The van der Waals surface area contributed by atoms with E-state index >= 15 is 0 Å². The molecule has 1 aromatic carbocycles. The van der Waals surface area contributed by atoms with Gasteiger partial charge < -0.3 is 24.8 Å². The summed E-state index contributed by atoms with van der Waals surface area (Å²) < 4.78 is 24.6. The predicted molar refractivity (Wildman–Crippen MR) is 99.2 cm³/mol. The summed E-state index contributed by atoms with van der Waals surface area (Å²) in [5.74, 6) is -0.452. The number of amides is 2. The highest BCUT2D eigenvalue weighted by molar-refractivity contribution is 5.78. The summed E-state index contributed by atoms with van der Waals surface area (Å²) in [6.45, 7) is 4.07. The van der Waals surface area contributed by atoms with Crippen molar-refractivity contribution < 1.29 is 28.6 Å². The van der Waals surface area contributed by atoms with Crippen LogP contribution in [0.5, 0.6) is 5.75 Å². The zero-order chi connectivity index (χ0) is 20.4. The molecule has 0 radical (unpaired) electrons. The lowest BCUT2D eigenvalue weighted by molar-refractivity contribution is -0.194. The van der Waals surface area contributed by atoms with Gasteiger partial charge in [0.05, 0.1) is 18.2 Å². The van der Waals surface area contributed by atoms with E-state index in [1.807, 2.05) is 0 Å². The van der Waals surface area contributed by atoms with Crippen molar-refractivity contribution in [3.8, 4) is 5.75 Å². The molecule has 2 amide bonds. The molecule has 2 fully saturated rings. The van der Waals surface area contributed by atoms with Crippen molar-refractivity contribution in [2.45, 2.75) is 50.4 Å². The second-order valence-electron chi connectivity index (χ2n) is 7.91. The fraction of sp³-hybridized carbons (Fsp3) is 0.600. The van der Waals surface area contributed by atoms with Crippen LogP contribution in [0.3, 0.4) is 0 Å². The molecule has 0 aliphatic carbocycles. The Morgan fingerprint density at radius 1 is 1.39 bits per heavy atom. The van der Waals surface area contributed by atoms with Crippen LogP contribution in [0.1, 0.15) is 33.1 Å². The Balaban J connectivity index is 1.53. The normalized spacial score (nSPS) is 26.7. The number of carbonyl (C=O) groups is 2. The second-order valence-corrected chi connectivity index (χ2v) is 7.91. The maximum atomic E-state index is 13.2. The Hall–Kier alpha value is -2.19. The number of nitrogens with zero attached hydrogens (tertiary/aromatic N) is 1. The molecule has 1 aromatic rings. The Labute approximate surface area is 163 Å². The minimum absolute atomic E-state index is 0.134. The maximum Gasteiger partial charge on any atom is 0.260 e. The molecule has 2 heterocycles. The lowest BCUT2D eigenvalue weighted by atomic mass is 9.77. The monoisotopic (exact) mass is 394 g/mol. The molecule has 2 aliphatic heterocycles. The average Bonchev–Trinajstić information content (AvgIpc) is 2.64. The summed E-state index contributed by atoms with van der Waals surface area (Å²) in [6, 6.07) is 5.29. The molecule has 0 unspecified atom stereocenters. The van der Waals surface area contributed by atoms with Gasteiger partial charge in [0.25, 0.3) is 5.91 Å². The molecule has 0 saturated carbocycles. The topological polar surface area (TPSA) is 88.1 Å². The molecule has 154 valence electrons. The molecule has 0 aromatic heterocycles. The number of piperidine rings is 1. The number of nitrogens with one attached hydrogen (secondary N) is 1. The number of halogens is 1. The van der Waals surface area contributed by atoms with E-state index in [-0.39, 0.29) is 25.0 Å². The average molecular weight is 394 g/mol. The van der Waals surface area contributed by atoms with Crippen molar-refractivity contribution in [1.82, 2.24) is 10.2 Å². The van der Waals surface area contributed by atoms with Crippen molar-refractivity contribution in [2.75, 3.05) is 26.3 Å². The quantitative estimate of drug-likeness (QED) is 0.802. The Morgan fingerprint density at radius 3 is 2.75 bits per heavy atom. The van der Waals surface area contributed by atoms with Gasteiger partial charge >= 0.3 is 0 Å². The lowest BCUT2D eigenvalue weighted by Gasteiger charge is -2.50. The van der Waals surface area contributed by atoms with Crippen LogP contribution in [0.2, 0.25) is 0 Å². The highest BCUT2D eigenvalue weighted by Gasteiger charge is 2.49. The van der Waals surface area contributed by atoms with E-state index < -0.39 is 23.1 Å². The standard InChI is InChI=1S/C20H27FN2O5/c1-14(24)22-17-11-20(28-13-19(17,2)26)6-8-23(9-7-20)18(25)12-27-16-5-3-4-15(21)10-16/h3-5,10,17,26H,6-9,11-13H2,1-2H3,(H,22,24)/t17-,19-/m0/s1. The predicted octanol–water partition coefficient (Wildman–Crippen LogP) is 1.24. The highest BCUT2D eigenvalue weighted by atomic mass is 19.1. The maximum absolute atomic E-state index is 13.2. The van der Waals surface area contributed by atoms with E-state index in [4.69, 9.17) is 9.47 Å². The fourth-order valence-corrected chi connectivity index (χ4v) is 3.81. The lowest BCUT2D eigenvalue weighted by Crippen LogP contribution is -2.64. The van der Waals surface area contributed by atoms with Crippen LogP contribution in [0.4, 0.5) is 4.39 Å². The number of ether oxygens (including phenoxy) is 2. The summed E-state index contributed by atoms with van der Waals surface area (Å²) in [5.41, 5.74) is -1.59. The number of hydrogen-bond acceptors (Lipinski definition) is 5. The Kier molecular flexibility index (Phi) is 5.90. The van der Waals surface area contributed by atoms with Crippen LogP contribution in [-0.4, -0.2) is 65.4 Å². The van der Waals surface area contributed by atoms with E-state index in [0.717, 1.165) is 0 Å². The van der Waals surface area contributed by atoms with Gasteiger partial charge in [0, 0.05) is 26.1 Å². The summed E-state index contributed by atoms with van der Waals surface area (Å²) >= 11 is 0. The molecular formula is C20H27FN2O5. The van der Waals surface area contributed by atoms with Gasteiger partial charge in [-0.1, -0.05) is 6.07 Å². The van der Waals surface area contributed by atoms with Gasteiger partial charge in [0.15, 0.2) is 6.61 Å². The Bertz CT molecular complexity index is 731. The first-order valence-corrected chi connectivity index (χ1v) is 9.49. The molecule has 2 aliphatic rings. The third-order valence-corrected chi connectivity index (χ3v) is 5.56. The van der Waals surface area contributed by atoms with Crippen LogP contribution < -0.4 is 10.1 Å². The molecule has 2 atom stereocenters. The van der Waals surface area contributed by atoms with Gasteiger partial charge in [-0.05, 0) is 38.3 Å². The zero-order valence-electron chi connectivity index (χ0n) is 16.2. The molecule has 8 heteroatoms. The van der Waals surface area contributed by atoms with Crippen molar-refractivity contribution in [3.63, 3.8) is 0 Å². The molecule has 28 heavy (non-hydrogen) atoms. The highest BCUT2D eigenvalue weighted by Crippen LogP contribution is 2.38. The zero-order valence-corrected chi connectivity index (χ0v) is 16.2. The Morgan fingerprint density at radius 2 is 2.11 bits per heavy atom. The van der Waals surface area contributed by atoms with Crippen molar-refractivity contribution in [2.24, 2.45) is 0 Å². The molecule has 7 nitrogen and oxygen atoms in total. The fourth-order valence-electron chi connectivity index (χ4n) is 3.81. The third-order valence-electron chi connectivity index (χ3n) is 5.56. The minimum Gasteiger partial charge on any atom is -0.484 e. The molecule has 2 N–H and O–H groups in total. The number of rotatable bonds is 4.